The Bertz CT molecular complexity index is 772. The molecule has 3 rings (SSSR count). The summed E-state index contributed by atoms with van der Waals surface area (Å²) in [6, 6.07) is 0. The molecule has 1 aliphatic rings. The van der Waals surface area contributed by atoms with Crippen LogP contribution in [-0.4, -0.2) is 61.3 Å². The Morgan fingerprint density at radius 1 is 1.61 bits per heavy atom. The van der Waals surface area contributed by atoms with Crippen molar-refractivity contribution < 1.29 is 19.7 Å². The number of fused-ring (bicyclic) bond motifs is 1. The molecule has 3 heterocycles. The number of nitrogens with one attached hydrogen (secondary N) is 1. The van der Waals surface area contributed by atoms with E-state index in [9.17, 15) is 15.0 Å². The minimum absolute atomic E-state index is 0.0648. The van der Waals surface area contributed by atoms with E-state index in [0.717, 1.165) is 0 Å². The summed E-state index contributed by atoms with van der Waals surface area (Å²) in [6.45, 7) is 3.36. The zero-order chi connectivity index (χ0) is 16.6. The number of ether oxygens (including phenoxy) is 2. The number of hydrogen-bond acceptors (Lipinski definition) is 8. The predicted molar refractivity (Wildman–Crippen MR) is 79.5 cm³/mol. The smallest absolute Gasteiger partial charge is 0.280 e. The molecule has 0 saturated carbocycles. The molecular weight excluding hydrogens is 306 g/mol. The molecule has 5 N–H and O–H groups in total. The average molecular weight is 323 g/mol. The Morgan fingerprint density at radius 2 is 2.39 bits per heavy atom. The molecule has 23 heavy (non-hydrogen) atoms. The molecule has 0 bridgehead atoms. The lowest BCUT2D eigenvalue weighted by atomic mass is 10.1. The lowest BCUT2D eigenvalue weighted by Gasteiger charge is -2.21. The van der Waals surface area contributed by atoms with Crippen LogP contribution >= 0.6 is 0 Å². The van der Waals surface area contributed by atoms with Crippen molar-refractivity contribution in [3.8, 4) is 0 Å². The topological polar surface area (TPSA) is 149 Å². The molecule has 0 aromatic carbocycles. The number of anilines is 1. The highest BCUT2D eigenvalue weighted by Gasteiger charge is 2.45. The van der Waals surface area contributed by atoms with Gasteiger partial charge in [0, 0.05) is 0 Å². The number of H-pyrrole nitrogens is 1. The maximum atomic E-state index is 11.8. The molecule has 0 aliphatic carbocycles. The monoisotopic (exact) mass is 323 g/mol. The van der Waals surface area contributed by atoms with Crippen LogP contribution in [0.3, 0.4) is 0 Å². The van der Waals surface area contributed by atoms with Crippen LogP contribution in [0.1, 0.15) is 6.23 Å². The van der Waals surface area contributed by atoms with Crippen molar-refractivity contribution in [2.45, 2.75) is 24.5 Å². The van der Waals surface area contributed by atoms with Gasteiger partial charge < -0.3 is 25.4 Å². The number of nitrogens with zero attached hydrogens (tertiary/aromatic N) is 3. The van der Waals surface area contributed by atoms with Crippen molar-refractivity contribution in [1.29, 1.82) is 0 Å². The summed E-state index contributed by atoms with van der Waals surface area (Å²) in [5.74, 6) is -0.0648. The second kappa shape index (κ2) is 6.08. The molecule has 124 valence electrons. The first kappa shape index (κ1) is 15.6. The number of aromatic amines is 1. The Balaban J connectivity index is 2.05. The van der Waals surface area contributed by atoms with Gasteiger partial charge in [-0.1, -0.05) is 6.08 Å². The summed E-state index contributed by atoms with van der Waals surface area (Å²) in [7, 11) is 0. The zero-order valence-electron chi connectivity index (χ0n) is 12.1. The summed E-state index contributed by atoms with van der Waals surface area (Å²) in [5, 5.41) is 19.6. The van der Waals surface area contributed by atoms with Gasteiger partial charge in [-0.25, -0.2) is 4.98 Å². The third-order valence-corrected chi connectivity index (χ3v) is 3.62. The molecule has 4 atom stereocenters. The van der Waals surface area contributed by atoms with Gasteiger partial charge in [0.15, 0.2) is 17.4 Å². The van der Waals surface area contributed by atoms with Crippen LogP contribution in [0.15, 0.2) is 23.8 Å². The van der Waals surface area contributed by atoms with Crippen LogP contribution in [0.4, 0.5) is 5.95 Å². The number of rotatable bonds is 5. The molecule has 0 amide bonds. The van der Waals surface area contributed by atoms with Crippen LogP contribution in [0.5, 0.6) is 0 Å². The Morgan fingerprint density at radius 3 is 3.09 bits per heavy atom. The number of aliphatic hydroxyl groups is 2. The van der Waals surface area contributed by atoms with Crippen molar-refractivity contribution in [3.05, 3.63) is 29.3 Å². The van der Waals surface area contributed by atoms with Crippen molar-refractivity contribution in [2.75, 3.05) is 18.9 Å². The third-order valence-electron chi connectivity index (χ3n) is 3.62. The number of hydrogen-bond donors (Lipinski definition) is 4. The minimum Gasteiger partial charge on any atom is -0.394 e. The van der Waals surface area contributed by atoms with Crippen molar-refractivity contribution >= 4 is 17.1 Å². The van der Waals surface area contributed by atoms with Crippen LogP contribution in [0.2, 0.25) is 0 Å². The highest BCUT2D eigenvalue weighted by atomic mass is 16.6. The molecular formula is C13H17N5O5. The predicted octanol–water partition coefficient (Wildman–Crippen LogP) is -1.48. The van der Waals surface area contributed by atoms with E-state index < -0.39 is 30.1 Å². The molecule has 10 heteroatoms. The summed E-state index contributed by atoms with van der Waals surface area (Å²) in [5.41, 5.74) is 5.38. The lowest BCUT2D eigenvalue weighted by Crippen LogP contribution is -2.35. The fourth-order valence-corrected chi connectivity index (χ4v) is 2.58. The van der Waals surface area contributed by atoms with Gasteiger partial charge in [0.25, 0.3) is 5.56 Å². The summed E-state index contributed by atoms with van der Waals surface area (Å²) in [4.78, 5) is 22.2. The number of nitrogen functional groups attached to an aromatic ring is 1. The maximum Gasteiger partial charge on any atom is 0.280 e. The third kappa shape index (κ3) is 2.61. The van der Waals surface area contributed by atoms with E-state index in [1.165, 1.54) is 17.0 Å². The number of nitrogens with two attached hydrogens (primary N) is 1. The van der Waals surface area contributed by atoms with E-state index in [-0.39, 0.29) is 30.3 Å². The van der Waals surface area contributed by atoms with Gasteiger partial charge in [-0.05, 0) is 0 Å². The van der Waals surface area contributed by atoms with Gasteiger partial charge in [-0.3, -0.25) is 14.3 Å². The quantitative estimate of drug-likeness (QED) is 0.487. The second-order valence-electron chi connectivity index (χ2n) is 5.10. The van der Waals surface area contributed by atoms with Crippen molar-refractivity contribution in [2.24, 2.45) is 0 Å². The van der Waals surface area contributed by atoms with Crippen molar-refractivity contribution in [1.82, 2.24) is 19.5 Å². The lowest BCUT2D eigenvalue weighted by molar-refractivity contribution is -0.0645. The van der Waals surface area contributed by atoms with E-state index >= 15 is 0 Å². The van der Waals surface area contributed by atoms with Gasteiger partial charge in [0.2, 0.25) is 5.95 Å². The van der Waals surface area contributed by atoms with Crippen molar-refractivity contribution in [3.63, 3.8) is 0 Å². The molecule has 0 spiro atoms. The SMILES string of the molecule is C=CCO[C@@H]1[C@@H](O)[C@@H](CO)O[C@H]1n1cnc2c(=O)[nH]c(N)nc21. The molecule has 2 aromatic rings. The molecule has 1 aliphatic heterocycles. The van der Waals surface area contributed by atoms with Gasteiger partial charge in [0.1, 0.15) is 18.3 Å². The first-order valence-corrected chi connectivity index (χ1v) is 6.96. The Hall–Kier alpha value is -2.27. The molecule has 1 saturated heterocycles. The molecule has 10 nitrogen and oxygen atoms in total. The van der Waals surface area contributed by atoms with E-state index in [1.807, 2.05) is 0 Å². The van der Waals surface area contributed by atoms with Crippen LogP contribution in [0.25, 0.3) is 11.2 Å². The average Bonchev–Trinajstić information content (AvgIpc) is 3.06. The normalized spacial score (nSPS) is 27.6. The van der Waals surface area contributed by atoms with Gasteiger partial charge in [0.05, 0.1) is 19.5 Å². The Labute approximate surface area is 130 Å². The second-order valence-corrected chi connectivity index (χ2v) is 5.10. The number of aromatic nitrogens is 4. The van der Waals surface area contributed by atoms with Crippen LogP contribution < -0.4 is 11.3 Å². The zero-order valence-corrected chi connectivity index (χ0v) is 12.1. The minimum atomic E-state index is -1.05. The summed E-state index contributed by atoms with van der Waals surface area (Å²) >= 11 is 0. The summed E-state index contributed by atoms with van der Waals surface area (Å²) < 4.78 is 12.6. The van der Waals surface area contributed by atoms with E-state index in [4.69, 9.17) is 15.2 Å². The molecule has 2 aromatic heterocycles. The fraction of sp³-hybridized carbons (Fsp3) is 0.462. The van der Waals surface area contributed by atoms with Crippen LogP contribution in [-0.2, 0) is 9.47 Å². The summed E-state index contributed by atoms with van der Waals surface area (Å²) in [6.07, 6.45) is -0.601. The number of imidazole rings is 1. The molecule has 0 unspecified atom stereocenters. The largest absolute Gasteiger partial charge is 0.394 e. The van der Waals surface area contributed by atoms with E-state index in [1.54, 1.807) is 0 Å². The first-order valence-electron chi connectivity index (χ1n) is 6.96. The maximum absolute atomic E-state index is 11.8. The van der Waals surface area contributed by atoms with Gasteiger partial charge >= 0.3 is 0 Å². The Kier molecular flexibility index (Phi) is 4.13. The standard InChI is InChI=1S/C13H17N5O5/c1-2-3-22-9-8(20)6(4-19)23-12(9)18-5-15-7-10(18)16-13(14)17-11(7)21/h2,5-6,8-9,12,19-20H,1,3-4H2,(H3,14,16,17,21)/t6-,8+,9-,12-/m1/s1. The van der Waals surface area contributed by atoms with E-state index in [0.29, 0.717) is 0 Å². The first-order chi connectivity index (χ1) is 11.1. The van der Waals surface area contributed by atoms with E-state index in [2.05, 4.69) is 21.5 Å². The fourth-order valence-electron chi connectivity index (χ4n) is 2.58. The number of aliphatic hydroxyl groups excluding tert-OH is 2. The highest BCUT2D eigenvalue weighted by Crippen LogP contribution is 2.33. The van der Waals surface area contributed by atoms with Gasteiger partial charge in [-0.2, -0.15) is 4.98 Å². The van der Waals surface area contributed by atoms with Gasteiger partial charge in [-0.15, -0.1) is 6.58 Å². The molecule has 0 radical (unpaired) electrons. The molecule has 1 fully saturated rings. The van der Waals surface area contributed by atoms with Crippen LogP contribution in [0, 0.1) is 0 Å². The highest BCUT2D eigenvalue weighted by molar-refractivity contribution is 5.70.